The summed E-state index contributed by atoms with van der Waals surface area (Å²) in [5, 5.41) is 2.80. The van der Waals surface area contributed by atoms with Crippen LogP contribution < -0.4 is 10.9 Å². The average Bonchev–Trinajstić information content (AvgIpc) is 2.39. The number of hydrogen-bond donors (Lipinski definition) is 1. The van der Waals surface area contributed by atoms with Crippen LogP contribution in [0.1, 0.15) is 18.7 Å². The van der Waals surface area contributed by atoms with E-state index in [9.17, 15) is 9.59 Å². The Morgan fingerprint density at radius 2 is 1.79 bits per heavy atom. The van der Waals surface area contributed by atoms with Crippen LogP contribution in [-0.2, 0) is 4.79 Å². The number of amides is 1. The van der Waals surface area contributed by atoms with Gasteiger partial charge in [-0.1, -0.05) is 24.3 Å². The zero-order valence-corrected chi connectivity index (χ0v) is 11.0. The van der Waals surface area contributed by atoms with Gasteiger partial charge in [0.05, 0.1) is 0 Å². The van der Waals surface area contributed by atoms with Gasteiger partial charge in [0.2, 0.25) is 5.91 Å². The molecule has 0 spiro atoms. The van der Waals surface area contributed by atoms with E-state index in [1.54, 1.807) is 13.0 Å². The molecule has 1 N–H and O–H groups in total. The summed E-state index contributed by atoms with van der Waals surface area (Å²) in [6.45, 7) is 3.53. The molecule has 2 aromatic rings. The van der Waals surface area contributed by atoms with Crippen LogP contribution in [0.3, 0.4) is 0 Å². The first kappa shape index (κ1) is 13.1. The predicted molar refractivity (Wildman–Crippen MR) is 75.2 cm³/mol. The van der Waals surface area contributed by atoms with Crippen LogP contribution in [0.15, 0.2) is 53.3 Å². The summed E-state index contributed by atoms with van der Waals surface area (Å²) in [5.41, 5.74) is 1.32. The lowest BCUT2D eigenvalue weighted by atomic mass is 10.2. The van der Waals surface area contributed by atoms with Crippen LogP contribution in [0, 0.1) is 6.92 Å². The molecule has 4 heteroatoms. The molecule has 1 unspecified atom stereocenters. The molecule has 0 fully saturated rings. The summed E-state index contributed by atoms with van der Waals surface area (Å²) >= 11 is 0. The Morgan fingerprint density at radius 1 is 1.11 bits per heavy atom. The van der Waals surface area contributed by atoms with Gasteiger partial charge in [0.15, 0.2) is 0 Å². The number of hydrogen-bond acceptors (Lipinski definition) is 2. The molecule has 0 aliphatic carbocycles. The van der Waals surface area contributed by atoms with Gasteiger partial charge >= 0.3 is 0 Å². The number of para-hydroxylation sites is 1. The Kier molecular flexibility index (Phi) is 3.80. The highest BCUT2D eigenvalue weighted by Crippen LogP contribution is 2.11. The van der Waals surface area contributed by atoms with Gasteiger partial charge in [-0.05, 0) is 32.0 Å². The number of anilines is 1. The molecule has 0 bridgehead atoms. The lowest BCUT2D eigenvalue weighted by Crippen LogP contribution is -2.32. The Bertz CT molecular complexity index is 632. The van der Waals surface area contributed by atoms with E-state index in [-0.39, 0.29) is 11.5 Å². The standard InChI is InChI=1S/C15H16N2O2/c1-11-7-6-10-14(18)17(11)12(2)15(19)16-13-8-4-3-5-9-13/h3-10,12H,1-2H3,(H,16,19). The normalized spacial score (nSPS) is 11.9. The number of nitrogens with zero attached hydrogens (tertiary/aromatic N) is 1. The van der Waals surface area contributed by atoms with Crippen molar-refractivity contribution >= 4 is 11.6 Å². The Hall–Kier alpha value is -2.36. The van der Waals surface area contributed by atoms with E-state index in [4.69, 9.17) is 0 Å². The number of benzene rings is 1. The molecular weight excluding hydrogens is 240 g/mol. The number of pyridine rings is 1. The van der Waals surface area contributed by atoms with Crippen molar-refractivity contribution in [3.8, 4) is 0 Å². The van der Waals surface area contributed by atoms with Crippen molar-refractivity contribution < 1.29 is 4.79 Å². The zero-order valence-electron chi connectivity index (χ0n) is 11.0. The summed E-state index contributed by atoms with van der Waals surface area (Å²) in [6, 6.07) is 13.6. The van der Waals surface area contributed by atoms with E-state index in [2.05, 4.69) is 5.32 Å². The first-order chi connectivity index (χ1) is 9.09. The second-order valence-corrected chi connectivity index (χ2v) is 4.41. The molecule has 98 valence electrons. The maximum Gasteiger partial charge on any atom is 0.251 e. The van der Waals surface area contributed by atoms with Gasteiger partial charge in [-0.25, -0.2) is 0 Å². The number of aromatic nitrogens is 1. The molecule has 2 rings (SSSR count). The molecule has 0 saturated carbocycles. The van der Waals surface area contributed by atoms with Gasteiger partial charge in [0.25, 0.3) is 5.56 Å². The van der Waals surface area contributed by atoms with Crippen molar-refractivity contribution in [3.63, 3.8) is 0 Å². The quantitative estimate of drug-likeness (QED) is 0.916. The number of carbonyl (C=O) groups is 1. The van der Waals surface area contributed by atoms with Crippen LogP contribution in [-0.4, -0.2) is 10.5 Å². The smallest absolute Gasteiger partial charge is 0.251 e. The summed E-state index contributed by atoms with van der Waals surface area (Å²) in [6.07, 6.45) is 0. The fraction of sp³-hybridized carbons (Fsp3) is 0.200. The van der Waals surface area contributed by atoms with Crippen LogP contribution in [0.25, 0.3) is 0 Å². The lowest BCUT2D eigenvalue weighted by Gasteiger charge is -2.17. The highest BCUT2D eigenvalue weighted by atomic mass is 16.2. The van der Waals surface area contributed by atoms with E-state index < -0.39 is 6.04 Å². The van der Waals surface area contributed by atoms with E-state index in [1.165, 1.54) is 10.6 Å². The first-order valence-electron chi connectivity index (χ1n) is 6.13. The Morgan fingerprint density at radius 3 is 2.42 bits per heavy atom. The molecule has 1 aromatic heterocycles. The Labute approximate surface area is 111 Å². The van der Waals surface area contributed by atoms with Gasteiger partial charge in [0.1, 0.15) is 6.04 Å². The second kappa shape index (κ2) is 5.52. The minimum absolute atomic E-state index is 0.171. The van der Waals surface area contributed by atoms with Gasteiger partial charge in [-0.15, -0.1) is 0 Å². The molecule has 0 saturated heterocycles. The van der Waals surface area contributed by atoms with E-state index in [1.807, 2.05) is 43.3 Å². The zero-order chi connectivity index (χ0) is 13.8. The molecule has 0 aliphatic heterocycles. The van der Waals surface area contributed by atoms with Gasteiger partial charge in [-0.2, -0.15) is 0 Å². The van der Waals surface area contributed by atoms with Crippen molar-refractivity contribution in [2.45, 2.75) is 19.9 Å². The van der Waals surface area contributed by atoms with Crippen molar-refractivity contribution in [1.29, 1.82) is 0 Å². The van der Waals surface area contributed by atoms with Crippen molar-refractivity contribution in [2.24, 2.45) is 0 Å². The van der Waals surface area contributed by atoms with Crippen molar-refractivity contribution in [3.05, 3.63) is 64.6 Å². The molecule has 19 heavy (non-hydrogen) atoms. The monoisotopic (exact) mass is 256 g/mol. The summed E-state index contributed by atoms with van der Waals surface area (Å²) in [4.78, 5) is 24.0. The number of nitrogens with one attached hydrogen (secondary N) is 1. The molecular formula is C15H16N2O2. The lowest BCUT2D eigenvalue weighted by molar-refractivity contribution is -0.118. The fourth-order valence-corrected chi connectivity index (χ4v) is 1.99. The molecule has 1 amide bonds. The Balaban J connectivity index is 2.23. The number of carbonyl (C=O) groups excluding carboxylic acids is 1. The summed E-state index contributed by atoms with van der Waals surface area (Å²) in [5.74, 6) is -0.206. The molecule has 0 aliphatic rings. The first-order valence-corrected chi connectivity index (χ1v) is 6.13. The highest BCUT2D eigenvalue weighted by molar-refractivity contribution is 5.93. The molecule has 4 nitrogen and oxygen atoms in total. The minimum atomic E-state index is -0.547. The third-order valence-corrected chi connectivity index (χ3v) is 3.00. The largest absolute Gasteiger partial charge is 0.324 e. The van der Waals surface area contributed by atoms with Crippen LogP contribution >= 0.6 is 0 Å². The molecule has 1 heterocycles. The third kappa shape index (κ3) is 2.91. The van der Waals surface area contributed by atoms with Crippen LogP contribution in [0.2, 0.25) is 0 Å². The molecule has 1 aromatic carbocycles. The van der Waals surface area contributed by atoms with Crippen molar-refractivity contribution in [2.75, 3.05) is 5.32 Å². The maximum absolute atomic E-state index is 12.1. The highest BCUT2D eigenvalue weighted by Gasteiger charge is 2.17. The number of rotatable bonds is 3. The van der Waals surface area contributed by atoms with E-state index >= 15 is 0 Å². The maximum atomic E-state index is 12.1. The van der Waals surface area contributed by atoms with E-state index in [0.717, 1.165) is 11.4 Å². The average molecular weight is 256 g/mol. The van der Waals surface area contributed by atoms with Gasteiger partial charge in [0, 0.05) is 17.4 Å². The van der Waals surface area contributed by atoms with E-state index in [0.29, 0.717) is 0 Å². The summed E-state index contributed by atoms with van der Waals surface area (Å²) < 4.78 is 1.48. The van der Waals surface area contributed by atoms with Crippen molar-refractivity contribution in [1.82, 2.24) is 4.57 Å². The third-order valence-electron chi connectivity index (χ3n) is 3.00. The minimum Gasteiger partial charge on any atom is -0.324 e. The van der Waals surface area contributed by atoms with Crippen LogP contribution in [0.5, 0.6) is 0 Å². The van der Waals surface area contributed by atoms with Gasteiger partial charge < -0.3 is 9.88 Å². The fourth-order valence-electron chi connectivity index (χ4n) is 1.99. The summed E-state index contributed by atoms with van der Waals surface area (Å²) in [7, 11) is 0. The topological polar surface area (TPSA) is 51.1 Å². The molecule has 0 radical (unpaired) electrons. The predicted octanol–water partition coefficient (Wildman–Crippen LogP) is 2.36. The van der Waals surface area contributed by atoms with Gasteiger partial charge in [-0.3, -0.25) is 9.59 Å². The SMILES string of the molecule is Cc1cccc(=O)n1C(C)C(=O)Nc1ccccc1. The number of aryl methyl sites for hydroxylation is 1. The molecule has 1 atom stereocenters. The van der Waals surface area contributed by atoms with Crippen LogP contribution in [0.4, 0.5) is 5.69 Å². The second-order valence-electron chi connectivity index (χ2n) is 4.41.